The van der Waals surface area contributed by atoms with Gasteiger partial charge in [-0.15, -0.1) is 0 Å². The summed E-state index contributed by atoms with van der Waals surface area (Å²) in [5.74, 6) is 0.512. The second-order valence-corrected chi connectivity index (χ2v) is 10.1. The van der Waals surface area contributed by atoms with Gasteiger partial charge in [0.05, 0.1) is 11.6 Å². The largest absolute Gasteiger partial charge is 0.385 e. The molecule has 0 aliphatic carbocycles. The predicted molar refractivity (Wildman–Crippen MR) is 147 cm³/mol. The summed E-state index contributed by atoms with van der Waals surface area (Å²) in [7, 11) is 1.95. The quantitative estimate of drug-likeness (QED) is 0.400. The number of fused-ring (bicyclic) bond motifs is 1. The van der Waals surface area contributed by atoms with E-state index in [1.165, 1.54) is 5.70 Å². The lowest BCUT2D eigenvalue weighted by molar-refractivity contribution is 0.0797. The molecule has 3 aliphatic heterocycles. The smallest absolute Gasteiger partial charge is 0.140 e. The number of aryl methyl sites for hydroxylation is 1. The summed E-state index contributed by atoms with van der Waals surface area (Å²) in [5, 5.41) is 35.6. The zero-order valence-corrected chi connectivity index (χ0v) is 21.9. The Morgan fingerprint density at radius 2 is 2.00 bits per heavy atom. The van der Waals surface area contributed by atoms with Gasteiger partial charge < -0.3 is 20.3 Å². The number of amidine groups is 1. The van der Waals surface area contributed by atoms with E-state index in [1.807, 2.05) is 25.2 Å². The molecule has 0 saturated carbocycles. The maximum Gasteiger partial charge on any atom is 0.140 e. The topological polar surface area (TPSA) is 124 Å². The van der Waals surface area contributed by atoms with Crippen LogP contribution in [0.25, 0.3) is 11.1 Å². The summed E-state index contributed by atoms with van der Waals surface area (Å²) >= 11 is 0. The predicted octanol–water partition coefficient (Wildman–Crippen LogP) is 3.13. The van der Waals surface area contributed by atoms with Crippen LogP contribution in [0.15, 0.2) is 41.7 Å². The van der Waals surface area contributed by atoms with E-state index < -0.39 is 0 Å². The molecule has 5 rings (SSSR count). The minimum atomic E-state index is 0.350. The van der Waals surface area contributed by atoms with Crippen molar-refractivity contribution in [3.05, 3.63) is 58.6 Å². The van der Waals surface area contributed by atoms with E-state index in [0.29, 0.717) is 29.7 Å². The van der Waals surface area contributed by atoms with E-state index >= 15 is 0 Å². The van der Waals surface area contributed by atoms with Gasteiger partial charge in [0.15, 0.2) is 0 Å². The highest BCUT2D eigenvalue weighted by atomic mass is 16.5. The van der Waals surface area contributed by atoms with Crippen LogP contribution in [-0.2, 0) is 11.2 Å². The van der Waals surface area contributed by atoms with Gasteiger partial charge in [0.1, 0.15) is 17.6 Å². The van der Waals surface area contributed by atoms with E-state index in [2.05, 4.69) is 37.6 Å². The molecule has 0 radical (unpaired) electrons. The van der Waals surface area contributed by atoms with Gasteiger partial charge in [-0.05, 0) is 62.6 Å². The molecule has 3 aliphatic rings. The maximum absolute atomic E-state index is 10.0. The first-order chi connectivity index (χ1) is 18.6. The average Bonchev–Trinajstić information content (AvgIpc) is 2.97. The Bertz CT molecular complexity index is 1300. The molecule has 1 aromatic heterocycles. The van der Waals surface area contributed by atoms with Crippen LogP contribution in [0.3, 0.4) is 0 Å². The van der Waals surface area contributed by atoms with Gasteiger partial charge in [0.25, 0.3) is 0 Å². The zero-order chi connectivity index (χ0) is 26.5. The molecule has 3 N–H and O–H groups in total. The summed E-state index contributed by atoms with van der Waals surface area (Å²) < 4.78 is 5.55. The third-order valence-electron chi connectivity index (χ3n) is 7.61. The molecule has 2 aromatic rings. The van der Waals surface area contributed by atoms with Crippen LogP contribution in [0.5, 0.6) is 0 Å². The summed E-state index contributed by atoms with van der Waals surface area (Å²) in [6.07, 6.45) is 6.32. The van der Waals surface area contributed by atoms with Crippen LogP contribution in [0.1, 0.15) is 42.5 Å². The van der Waals surface area contributed by atoms with Crippen molar-refractivity contribution in [3.63, 3.8) is 0 Å². The SMILES string of the molecule is CNCN1CCC(NC2CCOCC2)=C(C(=N)N2CCCc3cc(-c4ccc(C#N)nc4)c(C#N)cc32)C1. The standard InChI is InChI=1S/C29H34N8O/c1-33-19-36-10-6-27(35-23-7-11-38-12-8-23)26(18-36)29(32)37-9-2-3-20-13-25(22(15-30)14-28(20)37)21-4-5-24(16-31)34-17-21/h4-5,13-14,17,23,32-33,35H,2-3,6-12,18-19H2,1H3. The number of anilines is 1. The van der Waals surface area contributed by atoms with Gasteiger partial charge in [-0.25, -0.2) is 4.98 Å². The fraction of sp³-hybridized carbons (Fsp3) is 0.448. The summed E-state index contributed by atoms with van der Waals surface area (Å²) in [6, 6.07) is 12.3. The third-order valence-corrected chi connectivity index (χ3v) is 7.61. The monoisotopic (exact) mass is 510 g/mol. The lowest BCUT2D eigenvalue weighted by Crippen LogP contribution is -2.47. The van der Waals surface area contributed by atoms with Gasteiger partial charge in [-0.3, -0.25) is 10.3 Å². The second kappa shape index (κ2) is 11.7. The van der Waals surface area contributed by atoms with Gasteiger partial charge in [-0.2, -0.15) is 10.5 Å². The van der Waals surface area contributed by atoms with Crippen molar-refractivity contribution >= 4 is 11.5 Å². The summed E-state index contributed by atoms with van der Waals surface area (Å²) in [6.45, 7) is 4.72. The van der Waals surface area contributed by atoms with E-state index in [0.717, 1.165) is 93.0 Å². The molecule has 4 heterocycles. The molecule has 0 unspecified atom stereocenters. The lowest BCUT2D eigenvalue weighted by atomic mass is 9.92. The van der Waals surface area contributed by atoms with Crippen molar-refractivity contribution in [1.82, 2.24) is 20.5 Å². The molecule has 38 heavy (non-hydrogen) atoms. The van der Waals surface area contributed by atoms with E-state index in [4.69, 9.17) is 10.00 Å². The Morgan fingerprint density at radius 3 is 2.71 bits per heavy atom. The van der Waals surface area contributed by atoms with Crippen LogP contribution in [-0.4, -0.2) is 68.3 Å². The molecular weight excluding hydrogens is 476 g/mol. The van der Waals surface area contributed by atoms with Crippen LogP contribution >= 0.6 is 0 Å². The summed E-state index contributed by atoms with van der Waals surface area (Å²) in [5.41, 5.74) is 6.79. The maximum atomic E-state index is 10.0. The normalized spacial score (nSPS) is 18.4. The van der Waals surface area contributed by atoms with Crippen molar-refractivity contribution < 1.29 is 4.74 Å². The van der Waals surface area contributed by atoms with E-state index in [9.17, 15) is 10.7 Å². The summed E-state index contributed by atoms with van der Waals surface area (Å²) in [4.78, 5) is 8.62. The molecule has 1 saturated heterocycles. The number of nitriles is 2. The van der Waals surface area contributed by atoms with Crippen molar-refractivity contribution in [2.75, 3.05) is 51.5 Å². The molecule has 196 valence electrons. The fourth-order valence-corrected chi connectivity index (χ4v) is 5.62. The molecule has 0 spiro atoms. The highest BCUT2D eigenvalue weighted by Crippen LogP contribution is 2.36. The fourth-order valence-electron chi connectivity index (χ4n) is 5.62. The number of nitrogens with one attached hydrogen (secondary N) is 3. The number of hydrogen-bond donors (Lipinski definition) is 3. The molecule has 1 aromatic carbocycles. The number of rotatable bonds is 6. The lowest BCUT2D eigenvalue weighted by Gasteiger charge is -2.38. The first-order valence-electron chi connectivity index (χ1n) is 13.3. The van der Waals surface area contributed by atoms with Crippen LogP contribution < -0.4 is 15.5 Å². The van der Waals surface area contributed by atoms with Crippen molar-refractivity contribution in [3.8, 4) is 23.3 Å². The Morgan fingerprint density at radius 1 is 1.16 bits per heavy atom. The second-order valence-electron chi connectivity index (χ2n) is 10.1. The first kappa shape index (κ1) is 25.9. The molecule has 0 atom stereocenters. The van der Waals surface area contributed by atoms with E-state index in [1.54, 1.807) is 12.3 Å². The molecule has 0 bridgehead atoms. The van der Waals surface area contributed by atoms with Crippen molar-refractivity contribution in [1.29, 1.82) is 15.9 Å². The van der Waals surface area contributed by atoms with Gasteiger partial charge in [0.2, 0.25) is 0 Å². The van der Waals surface area contributed by atoms with Gasteiger partial charge >= 0.3 is 0 Å². The van der Waals surface area contributed by atoms with Gasteiger partial charge in [-0.1, -0.05) is 0 Å². The molecule has 9 heteroatoms. The third kappa shape index (κ3) is 5.41. The molecule has 0 amide bonds. The minimum Gasteiger partial charge on any atom is -0.385 e. The highest BCUT2D eigenvalue weighted by Gasteiger charge is 2.30. The van der Waals surface area contributed by atoms with Crippen molar-refractivity contribution in [2.24, 2.45) is 0 Å². The molecular formula is C29H34N8O. The number of aromatic nitrogens is 1. The first-order valence-corrected chi connectivity index (χ1v) is 13.3. The zero-order valence-electron chi connectivity index (χ0n) is 21.9. The number of hydrogen-bond acceptors (Lipinski definition) is 8. The Balaban J connectivity index is 1.48. The Labute approximate surface area is 224 Å². The van der Waals surface area contributed by atoms with Crippen LogP contribution in [0, 0.1) is 28.1 Å². The Kier molecular flexibility index (Phi) is 8.00. The van der Waals surface area contributed by atoms with E-state index in [-0.39, 0.29) is 0 Å². The highest BCUT2D eigenvalue weighted by molar-refractivity contribution is 6.09. The number of benzene rings is 1. The van der Waals surface area contributed by atoms with Crippen LogP contribution in [0.2, 0.25) is 0 Å². The average molecular weight is 511 g/mol. The minimum absolute atomic E-state index is 0.350. The molecule has 9 nitrogen and oxygen atoms in total. The van der Waals surface area contributed by atoms with Gasteiger partial charge in [0, 0.05) is 86.3 Å². The Hall–Kier alpha value is -3.76. The molecule has 1 fully saturated rings. The number of pyridine rings is 1. The van der Waals surface area contributed by atoms with Crippen LogP contribution in [0.4, 0.5) is 5.69 Å². The van der Waals surface area contributed by atoms with Crippen molar-refractivity contribution in [2.45, 2.75) is 38.1 Å². The number of nitrogens with zero attached hydrogens (tertiary/aromatic N) is 5. The number of ether oxygens (including phenoxy) is 1.